The van der Waals surface area contributed by atoms with Crippen LogP contribution in [0.15, 0.2) is 60.7 Å². The molecule has 2 aromatic carbocycles. The van der Waals surface area contributed by atoms with E-state index in [1.54, 1.807) is 0 Å². The third-order valence-electron chi connectivity index (χ3n) is 2.79. The lowest BCUT2D eigenvalue weighted by atomic mass is 10.1. The van der Waals surface area contributed by atoms with E-state index in [1.807, 2.05) is 60.7 Å². The third kappa shape index (κ3) is 2.56. The van der Waals surface area contributed by atoms with Gasteiger partial charge in [-0.15, -0.1) is 10.2 Å². The fourth-order valence-corrected chi connectivity index (χ4v) is 1.87. The van der Waals surface area contributed by atoms with Crippen molar-refractivity contribution < 1.29 is 0 Å². The van der Waals surface area contributed by atoms with Gasteiger partial charge in [-0.05, 0) is 12.1 Å². The number of aromatic nitrogens is 3. The third-order valence-corrected chi connectivity index (χ3v) is 2.79. The Kier molecular flexibility index (Phi) is 3.24. The Balaban J connectivity index is 2.03. The lowest BCUT2D eigenvalue weighted by Gasteiger charge is -2.10. The summed E-state index contributed by atoms with van der Waals surface area (Å²) >= 11 is 0. The Hall–Kier alpha value is -2.95. The smallest absolute Gasteiger partial charge is 0.242 e. The van der Waals surface area contributed by atoms with Gasteiger partial charge in [-0.3, -0.25) is 0 Å². The normalized spacial score (nSPS) is 10.2. The van der Waals surface area contributed by atoms with Crippen LogP contribution in [0.4, 0.5) is 17.5 Å². The molecule has 98 valence electrons. The van der Waals surface area contributed by atoms with Crippen molar-refractivity contribution in [2.45, 2.75) is 0 Å². The standard InChI is InChI=1S/C15H13N5/c16-15-18-14(17-12-9-5-2-6-10-12)13(19-20-15)11-7-3-1-4-8-11/h1-10H,(H3,16,17,18,20). The zero-order valence-electron chi connectivity index (χ0n) is 10.7. The zero-order valence-corrected chi connectivity index (χ0v) is 10.7. The highest BCUT2D eigenvalue weighted by Gasteiger charge is 2.10. The van der Waals surface area contributed by atoms with Crippen molar-refractivity contribution in [1.82, 2.24) is 15.2 Å². The largest absolute Gasteiger partial charge is 0.366 e. The van der Waals surface area contributed by atoms with Crippen LogP contribution in [0.2, 0.25) is 0 Å². The fourth-order valence-electron chi connectivity index (χ4n) is 1.87. The molecule has 1 heterocycles. The number of hydrogen-bond acceptors (Lipinski definition) is 5. The number of nitrogen functional groups attached to an aromatic ring is 1. The molecule has 0 spiro atoms. The highest BCUT2D eigenvalue weighted by molar-refractivity contribution is 5.75. The molecule has 0 aliphatic rings. The number of benzene rings is 2. The minimum Gasteiger partial charge on any atom is -0.366 e. The molecule has 0 unspecified atom stereocenters. The summed E-state index contributed by atoms with van der Waals surface area (Å²) < 4.78 is 0. The maximum atomic E-state index is 5.63. The molecule has 0 bridgehead atoms. The number of nitrogens with zero attached hydrogens (tertiary/aromatic N) is 3. The summed E-state index contributed by atoms with van der Waals surface area (Å²) in [4.78, 5) is 4.24. The molecule has 3 N–H and O–H groups in total. The van der Waals surface area contributed by atoms with E-state index < -0.39 is 0 Å². The number of nitrogens with two attached hydrogens (primary N) is 1. The van der Waals surface area contributed by atoms with E-state index in [0.29, 0.717) is 11.5 Å². The molecular formula is C15H13N5. The molecule has 0 aliphatic heterocycles. The minimum atomic E-state index is 0.142. The van der Waals surface area contributed by atoms with Gasteiger partial charge in [0, 0.05) is 11.3 Å². The first-order valence-electron chi connectivity index (χ1n) is 6.20. The fraction of sp³-hybridized carbons (Fsp3) is 0. The lowest BCUT2D eigenvalue weighted by Crippen LogP contribution is -2.04. The molecule has 5 heteroatoms. The quantitative estimate of drug-likeness (QED) is 0.759. The minimum absolute atomic E-state index is 0.142. The summed E-state index contributed by atoms with van der Waals surface area (Å²) in [5.41, 5.74) is 8.16. The van der Waals surface area contributed by atoms with Crippen LogP contribution in [0.5, 0.6) is 0 Å². The van der Waals surface area contributed by atoms with Gasteiger partial charge in [0.15, 0.2) is 5.82 Å². The average molecular weight is 263 g/mol. The maximum Gasteiger partial charge on any atom is 0.242 e. The second-order valence-electron chi connectivity index (χ2n) is 4.22. The van der Waals surface area contributed by atoms with Gasteiger partial charge in [0.1, 0.15) is 5.69 Å². The first-order valence-corrected chi connectivity index (χ1v) is 6.20. The van der Waals surface area contributed by atoms with E-state index >= 15 is 0 Å². The van der Waals surface area contributed by atoms with Crippen molar-refractivity contribution in [3.8, 4) is 11.3 Å². The van der Waals surface area contributed by atoms with Crippen molar-refractivity contribution in [2.24, 2.45) is 0 Å². The average Bonchev–Trinajstić information content (AvgIpc) is 2.49. The summed E-state index contributed by atoms with van der Waals surface area (Å²) in [6, 6.07) is 19.5. The van der Waals surface area contributed by atoms with Crippen LogP contribution >= 0.6 is 0 Å². The highest BCUT2D eigenvalue weighted by Crippen LogP contribution is 2.26. The van der Waals surface area contributed by atoms with Gasteiger partial charge >= 0.3 is 0 Å². The summed E-state index contributed by atoms with van der Waals surface area (Å²) in [5.74, 6) is 0.734. The lowest BCUT2D eigenvalue weighted by molar-refractivity contribution is 0.996. The van der Waals surface area contributed by atoms with E-state index in [1.165, 1.54) is 0 Å². The Morgan fingerprint density at radius 3 is 2.15 bits per heavy atom. The Morgan fingerprint density at radius 1 is 0.800 bits per heavy atom. The van der Waals surface area contributed by atoms with Crippen LogP contribution in [0.1, 0.15) is 0 Å². The SMILES string of the molecule is Nc1nnc(-c2ccccc2)c(Nc2ccccc2)n1. The molecule has 1 aromatic heterocycles. The van der Waals surface area contributed by atoms with E-state index in [2.05, 4.69) is 20.5 Å². The van der Waals surface area contributed by atoms with Crippen LogP contribution in [-0.4, -0.2) is 15.2 Å². The molecule has 0 radical (unpaired) electrons. The maximum absolute atomic E-state index is 5.63. The van der Waals surface area contributed by atoms with Gasteiger partial charge in [0.25, 0.3) is 0 Å². The van der Waals surface area contributed by atoms with Crippen LogP contribution < -0.4 is 11.1 Å². The Morgan fingerprint density at radius 2 is 1.45 bits per heavy atom. The van der Waals surface area contributed by atoms with Crippen molar-refractivity contribution in [3.63, 3.8) is 0 Å². The summed E-state index contributed by atoms with van der Waals surface area (Å²) in [5, 5.41) is 11.2. The Labute approximate surface area is 116 Å². The van der Waals surface area contributed by atoms with Gasteiger partial charge < -0.3 is 11.1 Å². The van der Waals surface area contributed by atoms with Gasteiger partial charge in [-0.2, -0.15) is 4.98 Å². The van der Waals surface area contributed by atoms with Gasteiger partial charge in [-0.25, -0.2) is 0 Å². The predicted octanol–water partition coefficient (Wildman–Crippen LogP) is 2.86. The molecule has 3 rings (SSSR count). The number of nitrogens with one attached hydrogen (secondary N) is 1. The number of hydrogen-bond donors (Lipinski definition) is 2. The molecule has 0 atom stereocenters. The van der Waals surface area contributed by atoms with Gasteiger partial charge in [0.05, 0.1) is 0 Å². The van der Waals surface area contributed by atoms with E-state index in [9.17, 15) is 0 Å². The molecular weight excluding hydrogens is 250 g/mol. The second-order valence-corrected chi connectivity index (χ2v) is 4.22. The molecule has 0 saturated heterocycles. The van der Waals surface area contributed by atoms with Gasteiger partial charge in [0.2, 0.25) is 5.95 Å². The number of anilines is 3. The highest BCUT2D eigenvalue weighted by atomic mass is 15.2. The van der Waals surface area contributed by atoms with Crippen LogP contribution in [-0.2, 0) is 0 Å². The summed E-state index contributed by atoms with van der Waals surface area (Å²) in [6.07, 6.45) is 0. The van der Waals surface area contributed by atoms with Crippen molar-refractivity contribution in [1.29, 1.82) is 0 Å². The first kappa shape index (κ1) is 12.1. The predicted molar refractivity (Wildman–Crippen MR) is 79.4 cm³/mol. The van der Waals surface area contributed by atoms with Crippen LogP contribution in [0.3, 0.4) is 0 Å². The summed E-state index contributed by atoms with van der Waals surface area (Å²) in [6.45, 7) is 0. The van der Waals surface area contributed by atoms with Crippen LogP contribution in [0, 0.1) is 0 Å². The molecule has 5 nitrogen and oxygen atoms in total. The van der Waals surface area contributed by atoms with E-state index in [-0.39, 0.29) is 5.95 Å². The first-order chi connectivity index (χ1) is 9.83. The number of para-hydroxylation sites is 1. The molecule has 3 aromatic rings. The molecule has 0 aliphatic carbocycles. The van der Waals surface area contributed by atoms with E-state index in [0.717, 1.165) is 11.3 Å². The van der Waals surface area contributed by atoms with Gasteiger partial charge in [-0.1, -0.05) is 48.5 Å². The second kappa shape index (κ2) is 5.36. The van der Waals surface area contributed by atoms with E-state index in [4.69, 9.17) is 5.73 Å². The summed E-state index contributed by atoms with van der Waals surface area (Å²) in [7, 11) is 0. The topological polar surface area (TPSA) is 76.7 Å². The molecule has 20 heavy (non-hydrogen) atoms. The number of rotatable bonds is 3. The molecule has 0 fully saturated rings. The zero-order chi connectivity index (χ0) is 13.8. The Bertz CT molecular complexity index is 698. The molecule has 0 saturated carbocycles. The molecule has 0 amide bonds. The monoisotopic (exact) mass is 263 g/mol. The van der Waals surface area contributed by atoms with Crippen molar-refractivity contribution in [2.75, 3.05) is 11.1 Å². The van der Waals surface area contributed by atoms with Crippen molar-refractivity contribution >= 4 is 17.5 Å². The van der Waals surface area contributed by atoms with Crippen molar-refractivity contribution in [3.05, 3.63) is 60.7 Å². The van der Waals surface area contributed by atoms with Crippen LogP contribution in [0.25, 0.3) is 11.3 Å².